The van der Waals surface area contributed by atoms with Crippen LogP contribution in [0.1, 0.15) is 36.5 Å². The fraction of sp³-hybridized carbons (Fsp3) is 0.692. The molecular weight excluding hydrogens is 214 g/mol. The van der Waals surface area contributed by atoms with Gasteiger partial charge in [-0.3, -0.25) is 4.79 Å². The SMILES string of the molecule is Cc1nc2c([nH]1)CC(C(=O)NCC1CC1)CC2. The highest BCUT2D eigenvalue weighted by Gasteiger charge is 2.28. The quantitative estimate of drug-likeness (QED) is 0.828. The molecule has 1 fully saturated rings. The molecule has 0 spiro atoms. The minimum atomic E-state index is 0.140. The largest absolute Gasteiger partial charge is 0.356 e. The molecule has 1 heterocycles. The summed E-state index contributed by atoms with van der Waals surface area (Å²) in [7, 11) is 0. The van der Waals surface area contributed by atoms with Gasteiger partial charge in [0.15, 0.2) is 0 Å². The van der Waals surface area contributed by atoms with Crippen LogP contribution in [0.4, 0.5) is 0 Å². The first-order valence-electron chi connectivity index (χ1n) is 6.54. The summed E-state index contributed by atoms with van der Waals surface area (Å²) in [5, 5.41) is 3.08. The standard InChI is InChI=1S/C13H19N3O/c1-8-15-11-5-4-10(6-12(11)16-8)13(17)14-7-9-2-3-9/h9-10H,2-7H2,1H3,(H,14,17)(H,15,16). The van der Waals surface area contributed by atoms with Crippen LogP contribution in [-0.2, 0) is 17.6 Å². The third-order valence-electron chi connectivity index (χ3n) is 3.80. The Morgan fingerprint density at radius 2 is 2.29 bits per heavy atom. The summed E-state index contributed by atoms with van der Waals surface area (Å²) in [4.78, 5) is 19.7. The maximum absolute atomic E-state index is 12.0. The number of hydrogen-bond acceptors (Lipinski definition) is 2. The minimum Gasteiger partial charge on any atom is -0.356 e. The molecule has 4 heteroatoms. The Labute approximate surface area is 101 Å². The summed E-state index contributed by atoms with van der Waals surface area (Å²) < 4.78 is 0. The average molecular weight is 233 g/mol. The van der Waals surface area contributed by atoms with Crippen molar-refractivity contribution in [2.45, 2.75) is 39.0 Å². The van der Waals surface area contributed by atoms with Gasteiger partial charge in [0.1, 0.15) is 5.82 Å². The topological polar surface area (TPSA) is 57.8 Å². The van der Waals surface area contributed by atoms with E-state index >= 15 is 0 Å². The van der Waals surface area contributed by atoms with Crippen LogP contribution in [0.25, 0.3) is 0 Å². The molecule has 3 rings (SSSR count). The minimum absolute atomic E-state index is 0.140. The number of nitrogens with zero attached hydrogens (tertiary/aromatic N) is 1. The zero-order valence-electron chi connectivity index (χ0n) is 10.3. The molecular formula is C13H19N3O. The highest BCUT2D eigenvalue weighted by Crippen LogP contribution is 2.28. The lowest BCUT2D eigenvalue weighted by molar-refractivity contribution is -0.125. The highest BCUT2D eigenvalue weighted by molar-refractivity contribution is 5.79. The molecule has 2 N–H and O–H groups in total. The van der Waals surface area contributed by atoms with Crippen LogP contribution < -0.4 is 5.32 Å². The van der Waals surface area contributed by atoms with Gasteiger partial charge in [-0.1, -0.05) is 0 Å². The van der Waals surface area contributed by atoms with Crippen LogP contribution in [0, 0.1) is 18.8 Å². The number of fused-ring (bicyclic) bond motifs is 1. The molecule has 0 bridgehead atoms. The van der Waals surface area contributed by atoms with Crippen LogP contribution in [0.15, 0.2) is 0 Å². The number of amides is 1. The fourth-order valence-corrected chi connectivity index (χ4v) is 2.56. The van der Waals surface area contributed by atoms with Crippen molar-refractivity contribution < 1.29 is 4.79 Å². The Hall–Kier alpha value is -1.32. The molecule has 2 aliphatic carbocycles. The van der Waals surface area contributed by atoms with Gasteiger partial charge in [0, 0.05) is 24.6 Å². The molecule has 1 atom stereocenters. The number of carbonyl (C=O) groups excluding carboxylic acids is 1. The van der Waals surface area contributed by atoms with Gasteiger partial charge in [0.25, 0.3) is 0 Å². The molecule has 1 unspecified atom stereocenters. The Morgan fingerprint density at radius 3 is 3.06 bits per heavy atom. The molecule has 1 aromatic rings. The molecule has 1 aromatic heterocycles. The van der Waals surface area contributed by atoms with E-state index in [0.29, 0.717) is 0 Å². The van der Waals surface area contributed by atoms with Crippen LogP contribution in [0.5, 0.6) is 0 Å². The normalized spacial score (nSPS) is 23.2. The average Bonchev–Trinajstić information content (AvgIpc) is 3.06. The van der Waals surface area contributed by atoms with Gasteiger partial charge in [-0.2, -0.15) is 0 Å². The first kappa shape index (κ1) is 10.8. The third kappa shape index (κ3) is 2.35. The highest BCUT2D eigenvalue weighted by atomic mass is 16.1. The summed E-state index contributed by atoms with van der Waals surface area (Å²) >= 11 is 0. The number of aromatic nitrogens is 2. The van der Waals surface area contributed by atoms with Gasteiger partial charge in [-0.25, -0.2) is 4.98 Å². The molecule has 2 aliphatic rings. The van der Waals surface area contributed by atoms with Crippen molar-refractivity contribution in [3.8, 4) is 0 Å². The predicted molar refractivity (Wildman–Crippen MR) is 64.6 cm³/mol. The van der Waals surface area contributed by atoms with Crippen molar-refractivity contribution in [2.24, 2.45) is 11.8 Å². The third-order valence-corrected chi connectivity index (χ3v) is 3.80. The van der Waals surface area contributed by atoms with Crippen LogP contribution in [0.3, 0.4) is 0 Å². The van der Waals surface area contributed by atoms with Crippen molar-refractivity contribution in [2.75, 3.05) is 6.54 Å². The second-order valence-corrected chi connectivity index (χ2v) is 5.38. The molecule has 92 valence electrons. The molecule has 1 saturated carbocycles. The summed E-state index contributed by atoms with van der Waals surface area (Å²) in [5.74, 6) is 2.09. The van der Waals surface area contributed by atoms with Gasteiger partial charge >= 0.3 is 0 Å². The van der Waals surface area contributed by atoms with E-state index in [9.17, 15) is 4.79 Å². The Morgan fingerprint density at radius 1 is 1.47 bits per heavy atom. The van der Waals surface area contributed by atoms with Crippen molar-refractivity contribution in [1.29, 1.82) is 0 Å². The lowest BCUT2D eigenvalue weighted by atomic mass is 9.89. The van der Waals surface area contributed by atoms with Crippen molar-refractivity contribution in [1.82, 2.24) is 15.3 Å². The number of carbonyl (C=O) groups is 1. The monoisotopic (exact) mass is 233 g/mol. The summed E-state index contributed by atoms with van der Waals surface area (Å²) in [6, 6.07) is 0. The summed E-state index contributed by atoms with van der Waals surface area (Å²) in [6.45, 7) is 2.85. The van der Waals surface area contributed by atoms with Crippen molar-refractivity contribution in [3.05, 3.63) is 17.2 Å². The van der Waals surface area contributed by atoms with E-state index in [1.54, 1.807) is 0 Å². The van der Waals surface area contributed by atoms with Crippen LogP contribution >= 0.6 is 0 Å². The van der Waals surface area contributed by atoms with E-state index in [2.05, 4.69) is 15.3 Å². The molecule has 17 heavy (non-hydrogen) atoms. The molecule has 0 aromatic carbocycles. The number of aromatic amines is 1. The number of imidazole rings is 1. The predicted octanol–water partition coefficient (Wildman–Crippen LogP) is 1.35. The van der Waals surface area contributed by atoms with E-state index in [0.717, 1.165) is 43.2 Å². The van der Waals surface area contributed by atoms with E-state index in [1.807, 2.05) is 6.92 Å². The lowest BCUT2D eigenvalue weighted by Crippen LogP contribution is -2.35. The Balaban J connectivity index is 1.60. The van der Waals surface area contributed by atoms with Crippen molar-refractivity contribution >= 4 is 5.91 Å². The molecule has 0 saturated heterocycles. The molecule has 4 nitrogen and oxygen atoms in total. The van der Waals surface area contributed by atoms with Crippen LogP contribution in [-0.4, -0.2) is 22.4 Å². The van der Waals surface area contributed by atoms with Gasteiger partial charge in [-0.05, 0) is 38.5 Å². The Bertz CT molecular complexity index is 434. The van der Waals surface area contributed by atoms with Crippen molar-refractivity contribution in [3.63, 3.8) is 0 Å². The van der Waals surface area contributed by atoms with E-state index < -0.39 is 0 Å². The van der Waals surface area contributed by atoms with Gasteiger partial charge in [0.05, 0.1) is 5.69 Å². The Kier molecular flexibility index (Phi) is 2.65. The molecule has 0 radical (unpaired) electrons. The second kappa shape index (κ2) is 4.17. The van der Waals surface area contributed by atoms with Gasteiger partial charge in [0.2, 0.25) is 5.91 Å². The maximum atomic E-state index is 12.0. The number of nitrogens with one attached hydrogen (secondary N) is 2. The molecule has 1 amide bonds. The fourth-order valence-electron chi connectivity index (χ4n) is 2.56. The first-order chi connectivity index (χ1) is 8.22. The summed E-state index contributed by atoms with van der Waals surface area (Å²) in [5.41, 5.74) is 2.33. The second-order valence-electron chi connectivity index (χ2n) is 5.38. The lowest BCUT2D eigenvalue weighted by Gasteiger charge is -2.20. The van der Waals surface area contributed by atoms with Gasteiger partial charge in [-0.15, -0.1) is 0 Å². The number of aryl methyl sites for hydroxylation is 2. The number of rotatable bonds is 3. The zero-order valence-corrected chi connectivity index (χ0v) is 10.3. The van der Waals surface area contributed by atoms with E-state index in [1.165, 1.54) is 18.5 Å². The smallest absolute Gasteiger partial charge is 0.223 e. The maximum Gasteiger partial charge on any atom is 0.223 e. The summed E-state index contributed by atoms with van der Waals surface area (Å²) in [6.07, 6.45) is 5.27. The van der Waals surface area contributed by atoms with E-state index in [4.69, 9.17) is 0 Å². The zero-order chi connectivity index (χ0) is 11.8. The van der Waals surface area contributed by atoms with E-state index in [-0.39, 0.29) is 11.8 Å². The van der Waals surface area contributed by atoms with Gasteiger partial charge < -0.3 is 10.3 Å². The number of hydrogen-bond donors (Lipinski definition) is 2. The first-order valence-corrected chi connectivity index (χ1v) is 6.54. The van der Waals surface area contributed by atoms with Crippen LogP contribution in [0.2, 0.25) is 0 Å². The molecule has 0 aliphatic heterocycles. The number of H-pyrrole nitrogens is 1.